The summed E-state index contributed by atoms with van der Waals surface area (Å²) in [5, 5.41) is 22.7. The first kappa shape index (κ1) is 16.9. The van der Waals surface area contributed by atoms with Gasteiger partial charge in [0.05, 0.1) is 4.92 Å². The average molecular weight is 321 g/mol. The molecule has 0 aliphatic heterocycles. The van der Waals surface area contributed by atoms with E-state index >= 15 is 0 Å². The van der Waals surface area contributed by atoms with Crippen molar-refractivity contribution in [2.24, 2.45) is 0 Å². The molecule has 0 saturated carbocycles. The van der Waals surface area contributed by atoms with Gasteiger partial charge in [-0.05, 0) is 48.7 Å². The zero-order chi connectivity index (χ0) is 17.7. The van der Waals surface area contributed by atoms with Gasteiger partial charge >= 0.3 is 0 Å². The zero-order valence-corrected chi connectivity index (χ0v) is 13.2. The van der Waals surface area contributed by atoms with Crippen molar-refractivity contribution in [2.75, 3.05) is 5.32 Å². The summed E-state index contributed by atoms with van der Waals surface area (Å²) in [7, 11) is 0. The Morgan fingerprint density at radius 2 is 1.88 bits per heavy atom. The molecule has 0 saturated heterocycles. The Morgan fingerprint density at radius 3 is 2.46 bits per heavy atom. The lowest BCUT2D eigenvalue weighted by Crippen LogP contribution is -2.13. The number of nitrogens with zero attached hydrogens (tertiary/aromatic N) is 2. The van der Waals surface area contributed by atoms with Gasteiger partial charge in [0.1, 0.15) is 11.6 Å². The monoisotopic (exact) mass is 321 g/mol. The van der Waals surface area contributed by atoms with Gasteiger partial charge in [0.2, 0.25) is 0 Å². The molecule has 0 unspecified atom stereocenters. The van der Waals surface area contributed by atoms with Crippen LogP contribution in [-0.2, 0) is 4.79 Å². The van der Waals surface area contributed by atoms with Crippen LogP contribution in [0.15, 0.2) is 48.0 Å². The molecule has 0 atom stereocenters. The summed E-state index contributed by atoms with van der Waals surface area (Å²) in [4.78, 5) is 22.5. The summed E-state index contributed by atoms with van der Waals surface area (Å²) in [6.07, 6.45) is 1.32. The molecule has 120 valence electrons. The fourth-order valence-electron chi connectivity index (χ4n) is 2.29. The molecule has 2 aromatic carbocycles. The number of rotatable bonds is 4. The van der Waals surface area contributed by atoms with E-state index < -0.39 is 10.8 Å². The molecule has 0 radical (unpaired) electrons. The number of hydrogen-bond donors (Lipinski definition) is 1. The Hall–Kier alpha value is -3.46. The molecule has 2 rings (SSSR count). The Balaban J connectivity index is 2.27. The molecule has 1 amide bonds. The Bertz CT molecular complexity index is 859. The van der Waals surface area contributed by atoms with Crippen LogP contribution >= 0.6 is 0 Å². The number of nitrogens with one attached hydrogen (secondary N) is 1. The molecule has 0 heterocycles. The van der Waals surface area contributed by atoms with Crippen LogP contribution in [0, 0.1) is 35.3 Å². The van der Waals surface area contributed by atoms with Crippen LogP contribution in [0.25, 0.3) is 6.08 Å². The van der Waals surface area contributed by atoms with Crippen LogP contribution in [0.3, 0.4) is 0 Å². The number of carbonyl (C=O) groups is 1. The highest BCUT2D eigenvalue weighted by Crippen LogP contribution is 2.18. The van der Waals surface area contributed by atoms with Gasteiger partial charge in [0, 0.05) is 17.8 Å². The van der Waals surface area contributed by atoms with Crippen molar-refractivity contribution in [3.63, 3.8) is 0 Å². The molecule has 0 aliphatic rings. The van der Waals surface area contributed by atoms with Crippen LogP contribution in [0.1, 0.15) is 16.7 Å². The summed E-state index contributed by atoms with van der Waals surface area (Å²) >= 11 is 0. The summed E-state index contributed by atoms with van der Waals surface area (Å²) in [5.74, 6) is -0.561. The fourth-order valence-corrected chi connectivity index (χ4v) is 2.29. The zero-order valence-electron chi connectivity index (χ0n) is 13.2. The number of anilines is 1. The third kappa shape index (κ3) is 4.27. The van der Waals surface area contributed by atoms with E-state index in [0.717, 1.165) is 11.1 Å². The number of aryl methyl sites for hydroxylation is 2. The second kappa shape index (κ2) is 7.20. The summed E-state index contributed by atoms with van der Waals surface area (Å²) in [5.41, 5.74) is 2.76. The van der Waals surface area contributed by atoms with Gasteiger partial charge in [0.15, 0.2) is 0 Å². The third-order valence-electron chi connectivity index (χ3n) is 3.24. The number of non-ortho nitro benzene ring substituents is 1. The molecule has 1 N–H and O–H groups in total. The molecule has 0 fully saturated rings. The lowest BCUT2D eigenvalue weighted by atomic mass is 10.1. The maximum atomic E-state index is 12.3. The maximum absolute atomic E-state index is 12.3. The largest absolute Gasteiger partial charge is 0.321 e. The third-order valence-corrected chi connectivity index (χ3v) is 3.24. The first-order valence-corrected chi connectivity index (χ1v) is 7.15. The first-order chi connectivity index (χ1) is 11.4. The van der Waals surface area contributed by atoms with E-state index in [1.807, 2.05) is 26.0 Å². The molecule has 6 heteroatoms. The quantitative estimate of drug-likeness (QED) is 0.401. The summed E-state index contributed by atoms with van der Waals surface area (Å²) in [6, 6.07) is 13.1. The fraction of sp³-hybridized carbons (Fsp3) is 0.111. The van der Waals surface area contributed by atoms with Gasteiger partial charge in [-0.25, -0.2) is 0 Å². The summed E-state index contributed by atoms with van der Waals surface area (Å²) in [6.45, 7) is 3.82. The van der Waals surface area contributed by atoms with Crippen LogP contribution in [-0.4, -0.2) is 10.8 Å². The molecule has 6 nitrogen and oxygen atoms in total. The average Bonchev–Trinajstić information content (AvgIpc) is 2.51. The number of hydrogen-bond acceptors (Lipinski definition) is 4. The van der Waals surface area contributed by atoms with E-state index in [0.29, 0.717) is 11.3 Å². The van der Waals surface area contributed by atoms with Crippen molar-refractivity contribution < 1.29 is 9.72 Å². The minimum atomic E-state index is -0.561. The molecule has 0 spiro atoms. The van der Waals surface area contributed by atoms with Gasteiger partial charge in [-0.3, -0.25) is 14.9 Å². The van der Waals surface area contributed by atoms with E-state index in [4.69, 9.17) is 0 Å². The predicted octanol–water partition coefficient (Wildman–Crippen LogP) is 3.76. The number of nitriles is 1. The van der Waals surface area contributed by atoms with Crippen molar-refractivity contribution in [2.45, 2.75) is 13.8 Å². The molecule has 0 bridgehead atoms. The highest BCUT2D eigenvalue weighted by atomic mass is 16.6. The standard InChI is InChI=1S/C18H15N3O3/c1-12-6-13(2)8-16(7-12)20-18(22)15(11-19)9-14-4-3-5-17(10-14)21(23)24/h3-10H,1-2H3,(H,20,22). The normalized spacial score (nSPS) is 10.8. The van der Waals surface area contributed by atoms with Gasteiger partial charge in [-0.2, -0.15) is 5.26 Å². The maximum Gasteiger partial charge on any atom is 0.270 e. The van der Waals surface area contributed by atoms with Gasteiger partial charge in [0.25, 0.3) is 11.6 Å². The second-order valence-electron chi connectivity index (χ2n) is 5.35. The van der Waals surface area contributed by atoms with Gasteiger partial charge < -0.3 is 5.32 Å². The molecule has 0 aliphatic carbocycles. The van der Waals surface area contributed by atoms with Crippen molar-refractivity contribution in [3.05, 3.63) is 74.8 Å². The lowest BCUT2D eigenvalue weighted by molar-refractivity contribution is -0.384. The molecular formula is C18H15N3O3. The van der Waals surface area contributed by atoms with Gasteiger partial charge in [-0.15, -0.1) is 0 Å². The number of nitro groups is 1. The summed E-state index contributed by atoms with van der Waals surface area (Å²) < 4.78 is 0. The Kier molecular flexibility index (Phi) is 5.07. The topological polar surface area (TPSA) is 96.0 Å². The minimum absolute atomic E-state index is 0.101. The van der Waals surface area contributed by atoms with E-state index in [9.17, 15) is 20.2 Å². The molecule has 2 aromatic rings. The lowest BCUT2D eigenvalue weighted by Gasteiger charge is -2.07. The van der Waals surface area contributed by atoms with Crippen molar-refractivity contribution in [1.29, 1.82) is 5.26 Å². The first-order valence-electron chi connectivity index (χ1n) is 7.15. The Labute approximate surface area is 139 Å². The highest BCUT2D eigenvalue weighted by molar-refractivity contribution is 6.09. The highest BCUT2D eigenvalue weighted by Gasteiger charge is 2.11. The number of benzene rings is 2. The van der Waals surface area contributed by atoms with Crippen LogP contribution in [0.4, 0.5) is 11.4 Å². The number of carbonyl (C=O) groups excluding carboxylic acids is 1. The number of nitro benzene ring substituents is 1. The van der Waals surface area contributed by atoms with Crippen molar-refractivity contribution >= 4 is 23.4 Å². The van der Waals surface area contributed by atoms with E-state index in [-0.39, 0.29) is 11.3 Å². The van der Waals surface area contributed by atoms with E-state index in [1.54, 1.807) is 18.2 Å². The molecular weight excluding hydrogens is 306 g/mol. The van der Waals surface area contributed by atoms with Crippen LogP contribution < -0.4 is 5.32 Å². The minimum Gasteiger partial charge on any atom is -0.321 e. The van der Waals surface area contributed by atoms with Crippen molar-refractivity contribution in [3.8, 4) is 6.07 Å². The smallest absolute Gasteiger partial charge is 0.270 e. The van der Waals surface area contributed by atoms with E-state index in [2.05, 4.69) is 5.32 Å². The number of amides is 1. The molecule has 24 heavy (non-hydrogen) atoms. The molecule has 0 aromatic heterocycles. The second-order valence-corrected chi connectivity index (χ2v) is 5.35. The Morgan fingerprint density at radius 1 is 1.21 bits per heavy atom. The van der Waals surface area contributed by atoms with Gasteiger partial charge in [-0.1, -0.05) is 18.2 Å². The van der Waals surface area contributed by atoms with Crippen LogP contribution in [0.5, 0.6) is 0 Å². The predicted molar refractivity (Wildman–Crippen MR) is 91.2 cm³/mol. The SMILES string of the molecule is Cc1cc(C)cc(NC(=O)C(C#N)=Cc2cccc([N+](=O)[O-])c2)c1. The van der Waals surface area contributed by atoms with Crippen LogP contribution in [0.2, 0.25) is 0 Å². The van der Waals surface area contributed by atoms with E-state index in [1.165, 1.54) is 24.3 Å². The van der Waals surface area contributed by atoms with Crippen molar-refractivity contribution in [1.82, 2.24) is 0 Å².